The number of ether oxygens (including phenoxy) is 2. The molecule has 0 spiro atoms. The molecular formula is C32H44N2O6. The second kappa shape index (κ2) is 9.77. The fourth-order valence-corrected chi connectivity index (χ4v) is 6.51. The summed E-state index contributed by atoms with van der Waals surface area (Å²) in [6.07, 6.45) is -0.599. The van der Waals surface area contributed by atoms with Gasteiger partial charge in [0.2, 0.25) is 0 Å². The molecule has 40 heavy (non-hydrogen) atoms. The van der Waals surface area contributed by atoms with Crippen LogP contribution in [0.15, 0.2) is 60.7 Å². The molecule has 218 valence electrons. The fourth-order valence-electron chi connectivity index (χ4n) is 6.51. The van der Waals surface area contributed by atoms with Crippen molar-refractivity contribution in [2.75, 3.05) is 13.1 Å². The van der Waals surface area contributed by atoms with Crippen molar-refractivity contribution in [3.05, 3.63) is 71.8 Å². The molecule has 0 unspecified atom stereocenters. The van der Waals surface area contributed by atoms with Crippen LogP contribution in [0.2, 0.25) is 0 Å². The van der Waals surface area contributed by atoms with Gasteiger partial charge in [-0.2, -0.15) is 0 Å². The maximum atomic E-state index is 13.1. The Hall–Kier alpha value is -3.10. The molecule has 8 nitrogen and oxygen atoms in total. The summed E-state index contributed by atoms with van der Waals surface area (Å²) in [4.78, 5) is 28.7. The van der Waals surface area contributed by atoms with Crippen LogP contribution >= 0.6 is 0 Å². The monoisotopic (exact) mass is 552 g/mol. The van der Waals surface area contributed by atoms with Crippen LogP contribution in [0.3, 0.4) is 0 Å². The van der Waals surface area contributed by atoms with Gasteiger partial charge in [0.05, 0.1) is 0 Å². The Kier molecular flexibility index (Phi) is 7.30. The molecule has 2 N–H and O–H groups in total. The zero-order valence-corrected chi connectivity index (χ0v) is 25.0. The maximum Gasteiger partial charge on any atom is 0.412 e. The van der Waals surface area contributed by atoms with Gasteiger partial charge in [-0.05, 0) is 49.7 Å². The van der Waals surface area contributed by atoms with Gasteiger partial charge in [-0.25, -0.2) is 9.59 Å². The number of nitrogens with zero attached hydrogens (tertiary/aromatic N) is 2. The quantitative estimate of drug-likeness (QED) is 0.423. The molecule has 4 rings (SSSR count). The van der Waals surface area contributed by atoms with Crippen molar-refractivity contribution in [2.24, 2.45) is 0 Å². The minimum absolute atomic E-state index is 0.0450. The number of rotatable bonds is 9. The van der Waals surface area contributed by atoms with Crippen LogP contribution in [0.5, 0.6) is 0 Å². The van der Waals surface area contributed by atoms with E-state index in [0.717, 1.165) is 11.1 Å². The van der Waals surface area contributed by atoms with Crippen molar-refractivity contribution in [3.63, 3.8) is 0 Å². The van der Waals surface area contributed by atoms with E-state index in [0.29, 0.717) is 12.8 Å². The number of aliphatic hydroxyl groups is 2. The van der Waals surface area contributed by atoms with E-state index in [9.17, 15) is 19.8 Å². The molecule has 2 aromatic rings. The lowest BCUT2D eigenvalue weighted by Gasteiger charge is -2.43. The summed E-state index contributed by atoms with van der Waals surface area (Å²) in [5.74, 6) is 0. The van der Waals surface area contributed by atoms with Crippen molar-refractivity contribution in [2.45, 2.75) is 102 Å². The van der Waals surface area contributed by atoms with Gasteiger partial charge in [-0.3, -0.25) is 9.80 Å². The Morgan fingerprint density at radius 3 is 1.23 bits per heavy atom. The third-order valence-electron chi connectivity index (χ3n) is 9.34. The zero-order valence-electron chi connectivity index (χ0n) is 25.0. The first-order chi connectivity index (χ1) is 18.4. The molecule has 8 heteroatoms. The molecule has 0 saturated carbocycles. The van der Waals surface area contributed by atoms with E-state index in [1.807, 2.05) is 60.7 Å². The number of hydrogen-bond acceptors (Lipinski definition) is 6. The van der Waals surface area contributed by atoms with Gasteiger partial charge < -0.3 is 19.7 Å². The summed E-state index contributed by atoms with van der Waals surface area (Å²) < 4.78 is 11.6. The number of carbonyl (C=O) groups is 2. The highest BCUT2D eigenvalue weighted by atomic mass is 16.6. The van der Waals surface area contributed by atoms with E-state index in [-0.39, 0.29) is 13.1 Å². The second-order valence-corrected chi connectivity index (χ2v) is 13.4. The molecule has 0 radical (unpaired) electrons. The number of carbonyl (C=O) groups excluding carboxylic acids is 2. The topological polar surface area (TPSA) is 99.5 Å². The number of amides is 2. The summed E-state index contributed by atoms with van der Waals surface area (Å²) >= 11 is 0. The van der Waals surface area contributed by atoms with Gasteiger partial charge in [0.15, 0.2) is 22.7 Å². The average Bonchev–Trinajstić information content (AvgIpc) is 3.12. The Bertz CT molecular complexity index is 1150. The van der Waals surface area contributed by atoms with E-state index in [2.05, 4.69) is 27.7 Å². The predicted molar refractivity (Wildman–Crippen MR) is 153 cm³/mol. The van der Waals surface area contributed by atoms with E-state index in [4.69, 9.17) is 9.47 Å². The Morgan fingerprint density at radius 2 is 0.925 bits per heavy atom. The largest absolute Gasteiger partial charge is 0.438 e. The molecule has 0 bridgehead atoms. The molecular weight excluding hydrogens is 508 g/mol. The molecule has 2 saturated heterocycles. The normalized spacial score (nSPS) is 30.9. The van der Waals surface area contributed by atoms with E-state index >= 15 is 0 Å². The first-order valence-corrected chi connectivity index (χ1v) is 13.9. The van der Waals surface area contributed by atoms with Crippen LogP contribution in [0, 0.1) is 0 Å². The summed E-state index contributed by atoms with van der Waals surface area (Å²) in [7, 11) is 0. The van der Waals surface area contributed by atoms with Crippen molar-refractivity contribution in [1.82, 2.24) is 9.80 Å². The molecule has 2 aromatic carbocycles. The molecule has 2 amide bonds. The van der Waals surface area contributed by atoms with Gasteiger partial charge in [0.25, 0.3) is 0 Å². The molecule has 2 aliphatic rings. The van der Waals surface area contributed by atoms with Gasteiger partial charge >= 0.3 is 12.2 Å². The van der Waals surface area contributed by atoms with Crippen LogP contribution in [0.4, 0.5) is 9.59 Å². The molecule has 0 aromatic heterocycles. The smallest absolute Gasteiger partial charge is 0.412 e. The highest BCUT2D eigenvalue weighted by molar-refractivity contribution is 5.74. The van der Waals surface area contributed by atoms with Crippen molar-refractivity contribution in [3.8, 4) is 0 Å². The fraction of sp³-hybridized carbons (Fsp3) is 0.562. The van der Waals surface area contributed by atoms with Crippen LogP contribution < -0.4 is 0 Å². The van der Waals surface area contributed by atoms with E-state index in [1.165, 1.54) is 9.80 Å². The minimum atomic E-state index is -1.66. The van der Waals surface area contributed by atoms with Crippen molar-refractivity contribution >= 4 is 12.2 Å². The van der Waals surface area contributed by atoms with Gasteiger partial charge in [0, 0.05) is 25.9 Å². The highest BCUT2D eigenvalue weighted by Crippen LogP contribution is 2.47. The zero-order chi connectivity index (χ0) is 29.8. The standard InChI is InChI=1S/C32H44N2O6/c1-27(2,23-15-11-9-12-16-23)21-29(5)31(7,37)33(25(35)39-29)19-20-34-26(36)40-30(6,32(34,8)38)22-28(3,4)24-17-13-10-14-18-24/h9-18,37-38H,19-22H2,1-8H3/t29-,30+,31+,32-. The lowest BCUT2D eigenvalue weighted by molar-refractivity contribution is -0.157. The minimum Gasteiger partial charge on any atom is -0.438 e. The lowest BCUT2D eigenvalue weighted by atomic mass is 9.72. The third-order valence-corrected chi connectivity index (χ3v) is 9.34. The Balaban J connectivity index is 1.50. The van der Waals surface area contributed by atoms with Gasteiger partial charge in [0.1, 0.15) is 0 Å². The molecule has 2 fully saturated rings. The van der Waals surface area contributed by atoms with Crippen LogP contribution in [0.1, 0.15) is 79.4 Å². The van der Waals surface area contributed by atoms with Crippen LogP contribution in [0.25, 0.3) is 0 Å². The van der Waals surface area contributed by atoms with Crippen LogP contribution in [-0.4, -0.2) is 67.9 Å². The molecule has 2 heterocycles. The number of cyclic esters (lactones) is 2. The first-order valence-electron chi connectivity index (χ1n) is 13.9. The van der Waals surface area contributed by atoms with Gasteiger partial charge in [-0.15, -0.1) is 0 Å². The second-order valence-electron chi connectivity index (χ2n) is 13.4. The van der Waals surface area contributed by atoms with Crippen molar-refractivity contribution in [1.29, 1.82) is 0 Å². The summed E-state index contributed by atoms with van der Waals surface area (Å²) in [6, 6.07) is 19.8. The molecule has 0 aliphatic carbocycles. The number of benzene rings is 2. The third kappa shape index (κ3) is 4.96. The molecule has 2 aliphatic heterocycles. The summed E-state index contributed by atoms with van der Waals surface area (Å²) in [6.45, 7) is 14.7. The van der Waals surface area contributed by atoms with E-state index in [1.54, 1.807) is 27.7 Å². The maximum absolute atomic E-state index is 13.1. The Morgan fingerprint density at radius 1 is 0.625 bits per heavy atom. The highest BCUT2D eigenvalue weighted by Gasteiger charge is 2.63. The molecule has 4 atom stereocenters. The number of hydrogen-bond donors (Lipinski definition) is 2. The van der Waals surface area contributed by atoms with Gasteiger partial charge in [-0.1, -0.05) is 88.4 Å². The first kappa shape index (κ1) is 29.9. The summed E-state index contributed by atoms with van der Waals surface area (Å²) in [5.41, 5.74) is -4.42. The van der Waals surface area contributed by atoms with E-state index < -0.39 is 45.7 Å². The predicted octanol–water partition coefficient (Wildman–Crippen LogP) is 5.56. The van der Waals surface area contributed by atoms with Crippen molar-refractivity contribution < 1.29 is 29.3 Å². The summed E-state index contributed by atoms with van der Waals surface area (Å²) in [5, 5.41) is 23.4. The average molecular weight is 553 g/mol. The SMILES string of the molecule is CC(C)(C[C@@]1(C)OC(=O)N(CCN2C(=O)O[C@@](C)(CC(C)(C)c3ccccc3)[C@@]2(C)O)[C@@]1(C)O)c1ccccc1. The van der Waals surface area contributed by atoms with Crippen LogP contribution in [-0.2, 0) is 20.3 Å². The Labute approximate surface area is 237 Å². The lowest BCUT2D eigenvalue weighted by Crippen LogP contribution is -2.60.